The Labute approximate surface area is 173 Å². The summed E-state index contributed by atoms with van der Waals surface area (Å²) in [4.78, 5) is 22.1. The highest BCUT2D eigenvalue weighted by atomic mass is 16.5. The number of hydrogen-bond acceptors (Lipinski definition) is 5. The Morgan fingerprint density at radius 2 is 1.80 bits per heavy atom. The molecule has 0 saturated carbocycles. The lowest BCUT2D eigenvalue weighted by atomic mass is 10.1. The van der Waals surface area contributed by atoms with Crippen LogP contribution in [0.3, 0.4) is 0 Å². The van der Waals surface area contributed by atoms with Gasteiger partial charge in [0, 0.05) is 24.8 Å². The van der Waals surface area contributed by atoms with E-state index in [9.17, 15) is 4.79 Å². The van der Waals surface area contributed by atoms with Gasteiger partial charge >= 0.3 is 0 Å². The Kier molecular flexibility index (Phi) is 4.48. The van der Waals surface area contributed by atoms with Gasteiger partial charge in [-0.25, -0.2) is 14.6 Å². The van der Waals surface area contributed by atoms with E-state index in [4.69, 9.17) is 9.84 Å². The van der Waals surface area contributed by atoms with Gasteiger partial charge in [-0.3, -0.25) is 4.79 Å². The third-order valence-corrected chi connectivity index (χ3v) is 5.17. The maximum absolute atomic E-state index is 11.8. The van der Waals surface area contributed by atoms with Crippen molar-refractivity contribution in [1.29, 1.82) is 0 Å². The molecular weight excluding hydrogens is 378 g/mol. The molecule has 0 atom stereocenters. The minimum absolute atomic E-state index is 0.0634. The minimum Gasteiger partial charge on any atom is -0.457 e. The number of carbonyl (C=O) groups is 1. The molecule has 0 N–H and O–H groups in total. The van der Waals surface area contributed by atoms with E-state index in [2.05, 4.69) is 16.5 Å². The number of benzene rings is 2. The number of hydrogen-bond donors (Lipinski definition) is 0. The van der Waals surface area contributed by atoms with Crippen molar-refractivity contribution >= 4 is 16.9 Å². The summed E-state index contributed by atoms with van der Waals surface area (Å²) in [5.74, 6) is 1.48. The fourth-order valence-corrected chi connectivity index (χ4v) is 3.57. The van der Waals surface area contributed by atoms with Crippen molar-refractivity contribution in [1.82, 2.24) is 24.6 Å². The summed E-state index contributed by atoms with van der Waals surface area (Å²) in [6, 6.07) is 17.5. The molecule has 1 aliphatic heterocycles. The molecule has 0 aliphatic carbocycles. The highest BCUT2D eigenvalue weighted by molar-refractivity contribution is 5.91. The van der Waals surface area contributed by atoms with Gasteiger partial charge < -0.3 is 9.64 Å². The van der Waals surface area contributed by atoms with Crippen molar-refractivity contribution in [2.45, 2.75) is 6.04 Å². The van der Waals surface area contributed by atoms with E-state index in [1.807, 2.05) is 59.3 Å². The van der Waals surface area contributed by atoms with Crippen LogP contribution in [0.2, 0.25) is 0 Å². The van der Waals surface area contributed by atoms with Gasteiger partial charge in [-0.15, -0.1) is 0 Å². The van der Waals surface area contributed by atoms with Gasteiger partial charge in [-0.2, -0.15) is 5.10 Å². The summed E-state index contributed by atoms with van der Waals surface area (Å²) in [6.07, 6.45) is 4.64. The molecule has 0 spiro atoms. The van der Waals surface area contributed by atoms with Crippen LogP contribution in [-0.4, -0.2) is 43.6 Å². The molecule has 148 valence electrons. The van der Waals surface area contributed by atoms with Crippen molar-refractivity contribution in [2.75, 3.05) is 13.1 Å². The Morgan fingerprint density at radius 1 is 1.07 bits per heavy atom. The predicted molar refractivity (Wildman–Crippen MR) is 113 cm³/mol. The van der Waals surface area contributed by atoms with E-state index in [0.717, 1.165) is 33.8 Å². The van der Waals surface area contributed by atoms with E-state index >= 15 is 0 Å². The molecule has 2 aromatic heterocycles. The SMILES string of the molecule is C=CC(=O)N1CC(n2nc(-c3ccc(Oc4ccccc4)cc3)c3cncnc32)C1. The van der Waals surface area contributed by atoms with Gasteiger partial charge in [0.15, 0.2) is 5.65 Å². The summed E-state index contributed by atoms with van der Waals surface area (Å²) in [5, 5.41) is 5.70. The zero-order valence-electron chi connectivity index (χ0n) is 16.2. The number of amides is 1. The Balaban J connectivity index is 1.43. The van der Waals surface area contributed by atoms with Crippen LogP contribution < -0.4 is 4.74 Å². The van der Waals surface area contributed by atoms with Crippen LogP contribution in [-0.2, 0) is 4.79 Å². The number of aromatic nitrogens is 4. The zero-order valence-corrected chi connectivity index (χ0v) is 16.2. The number of para-hydroxylation sites is 1. The van der Waals surface area contributed by atoms with Crippen LogP contribution in [0.4, 0.5) is 0 Å². The average molecular weight is 397 g/mol. The molecule has 7 nitrogen and oxygen atoms in total. The minimum atomic E-state index is -0.0634. The normalized spacial score (nSPS) is 13.8. The van der Waals surface area contributed by atoms with Gasteiger partial charge in [0.25, 0.3) is 0 Å². The van der Waals surface area contributed by atoms with Gasteiger partial charge in [0.1, 0.15) is 23.5 Å². The monoisotopic (exact) mass is 397 g/mol. The summed E-state index contributed by atoms with van der Waals surface area (Å²) >= 11 is 0. The fourth-order valence-electron chi connectivity index (χ4n) is 3.57. The number of ether oxygens (including phenoxy) is 1. The first-order valence-corrected chi connectivity index (χ1v) is 9.66. The van der Waals surface area contributed by atoms with Crippen LogP contribution in [0.1, 0.15) is 6.04 Å². The summed E-state index contributed by atoms with van der Waals surface area (Å²) < 4.78 is 7.77. The van der Waals surface area contributed by atoms with Crippen LogP contribution in [0.5, 0.6) is 11.5 Å². The van der Waals surface area contributed by atoms with Crippen LogP contribution in [0.15, 0.2) is 79.8 Å². The van der Waals surface area contributed by atoms with E-state index in [0.29, 0.717) is 13.1 Å². The molecule has 1 aliphatic rings. The highest BCUT2D eigenvalue weighted by Crippen LogP contribution is 2.32. The Morgan fingerprint density at radius 3 is 2.53 bits per heavy atom. The standard InChI is InChI=1S/C23H19N5O2/c1-2-21(29)27-13-17(14-27)28-23-20(12-24-15-25-23)22(26-28)16-8-10-19(11-9-16)30-18-6-4-3-5-7-18/h2-12,15,17H,1,13-14H2. The number of nitrogens with zero attached hydrogens (tertiary/aromatic N) is 5. The zero-order chi connectivity index (χ0) is 20.5. The molecule has 3 heterocycles. The topological polar surface area (TPSA) is 73.1 Å². The van der Waals surface area contributed by atoms with Crippen molar-refractivity contribution in [3.05, 3.63) is 79.8 Å². The second kappa shape index (κ2) is 7.44. The number of carbonyl (C=O) groups excluding carboxylic acids is 1. The van der Waals surface area contributed by atoms with E-state index in [-0.39, 0.29) is 11.9 Å². The number of fused-ring (bicyclic) bond motifs is 1. The van der Waals surface area contributed by atoms with Gasteiger partial charge in [-0.1, -0.05) is 24.8 Å². The van der Waals surface area contributed by atoms with Crippen molar-refractivity contribution < 1.29 is 9.53 Å². The molecule has 1 saturated heterocycles. The Hall–Kier alpha value is -4.00. The lowest BCUT2D eigenvalue weighted by Crippen LogP contribution is -2.50. The maximum Gasteiger partial charge on any atom is 0.246 e. The van der Waals surface area contributed by atoms with Crippen LogP contribution in [0.25, 0.3) is 22.3 Å². The molecule has 0 bridgehead atoms. The first-order valence-electron chi connectivity index (χ1n) is 9.66. The largest absolute Gasteiger partial charge is 0.457 e. The van der Waals surface area contributed by atoms with Gasteiger partial charge in [0.05, 0.1) is 11.4 Å². The predicted octanol–water partition coefficient (Wildman–Crippen LogP) is 3.85. The van der Waals surface area contributed by atoms with Crippen molar-refractivity contribution in [3.8, 4) is 22.8 Å². The summed E-state index contributed by atoms with van der Waals surface area (Å²) in [6.45, 7) is 4.73. The molecule has 4 aromatic rings. The number of likely N-dealkylation sites (tertiary alicyclic amines) is 1. The van der Waals surface area contributed by atoms with Crippen molar-refractivity contribution in [3.63, 3.8) is 0 Å². The highest BCUT2D eigenvalue weighted by Gasteiger charge is 2.33. The molecular formula is C23H19N5O2. The first kappa shape index (κ1) is 18.1. The lowest BCUT2D eigenvalue weighted by molar-refractivity contribution is -0.131. The van der Waals surface area contributed by atoms with Crippen molar-refractivity contribution in [2.24, 2.45) is 0 Å². The molecule has 0 unspecified atom stereocenters. The van der Waals surface area contributed by atoms with Gasteiger partial charge in [-0.05, 0) is 42.5 Å². The maximum atomic E-state index is 11.8. The van der Waals surface area contributed by atoms with Crippen LogP contribution >= 0.6 is 0 Å². The molecule has 30 heavy (non-hydrogen) atoms. The first-order chi connectivity index (χ1) is 14.7. The molecule has 7 heteroatoms. The molecule has 2 aromatic carbocycles. The van der Waals surface area contributed by atoms with E-state index in [1.54, 1.807) is 11.1 Å². The third-order valence-electron chi connectivity index (χ3n) is 5.17. The quantitative estimate of drug-likeness (QED) is 0.478. The third kappa shape index (κ3) is 3.20. The average Bonchev–Trinajstić information content (AvgIpc) is 3.13. The van der Waals surface area contributed by atoms with Gasteiger partial charge in [0.2, 0.25) is 5.91 Å². The summed E-state index contributed by atoms with van der Waals surface area (Å²) in [5.41, 5.74) is 2.53. The fraction of sp³-hybridized carbons (Fsp3) is 0.130. The molecule has 1 amide bonds. The lowest BCUT2D eigenvalue weighted by Gasteiger charge is -2.38. The second-order valence-corrected chi connectivity index (χ2v) is 7.09. The Bertz CT molecular complexity index is 1210. The number of rotatable bonds is 5. The van der Waals surface area contributed by atoms with E-state index < -0.39 is 0 Å². The van der Waals surface area contributed by atoms with E-state index in [1.165, 1.54) is 12.4 Å². The molecule has 0 radical (unpaired) electrons. The molecule has 5 rings (SSSR count). The molecule has 1 fully saturated rings. The second-order valence-electron chi connectivity index (χ2n) is 7.09. The smallest absolute Gasteiger partial charge is 0.246 e. The van der Waals surface area contributed by atoms with Crippen LogP contribution in [0, 0.1) is 0 Å². The summed E-state index contributed by atoms with van der Waals surface area (Å²) in [7, 11) is 0.